The van der Waals surface area contributed by atoms with Crippen molar-refractivity contribution in [1.82, 2.24) is 0 Å². The van der Waals surface area contributed by atoms with Crippen LogP contribution in [-0.4, -0.2) is 23.4 Å². The molecule has 0 aliphatic heterocycles. The van der Waals surface area contributed by atoms with E-state index < -0.39 is 0 Å². The van der Waals surface area contributed by atoms with E-state index in [0.717, 1.165) is 0 Å². The Balaban J connectivity index is 0.000000265. The van der Waals surface area contributed by atoms with Crippen LogP contribution in [0.3, 0.4) is 0 Å². The third-order valence-corrected chi connectivity index (χ3v) is 1.30. The molecule has 1 rings (SSSR count). The minimum Gasteiger partial charge on any atom is -0.508 e. The summed E-state index contributed by atoms with van der Waals surface area (Å²) in [6, 6.07) is 5.85. The van der Waals surface area contributed by atoms with Crippen LogP contribution in [0.15, 0.2) is 49.6 Å². The molecule has 0 saturated heterocycles. The molecule has 0 saturated carbocycles. The molecule has 82 valence electrons. The zero-order valence-electron chi connectivity index (χ0n) is 8.60. The lowest BCUT2D eigenvalue weighted by Crippen LogP contribution is -1.87. The van der Waals surface area contributed by atoms with E-state index in [1.54, 1.807) is 18.2 Å². The van der Waals surface area contributed by atoms with Gasteiger partial charge < -0.3 is 14.9 Å². The average molecular weight is 208 g/mol. The van der Waals surface area contributed by atoms with Crippen molar-refractivity contribution in [1.29, 1.82) is 0 Å². The SMILES string of the molecule is C=CCOCC=C.Oc1cccc(O)c1. The number of phenols is 2. The normalized spacial score (nSPS) is 8.53. The van der Waals surface area contributed by atoms with Crippen LogP contribution in [0.25, 0.3) is 0 Å². The molecule has 3 nitrogen and oxygen atoms in total. The van der Waals surface area contributed by atoms with Crippen LogP contribution in [0.1, 0.15) is 0 Å². The fourth-order valence-corrected chi connectivity index (χ4v) is 0.728. The minimum atomic E-state index is 0.0880. The van der Waals surface area contributed by atoms with Crippen molar-refractivity contribution >= 4 is 0 Å². The first-order chi connectivity index (χ1) is 7.20. The van der Waals surface area contributed by atoms with E-state index in [1.807, 2.05) is 0 Å². The van der Waals surface area contributed by atoms with Gasteiger partial charge in [-0.3, -0.25) is 0 Å². The first kappa shape index (κ1) is 13.3. The number of hydrogen-bond acceptors (Lipinski definition) is 3. The molecular formula is C12H16O3. The zero-order valence-corrected chi connectivity index (χ0v) is 8.60. The summed E-state index contributed by atoms with van der Waals surface area (Å²) in [7, 11) is 0. The lowest BCUT2D eigenvalue weighted by Gasteiger charge is -1.89. The average Bonchev–Trinajstić information content (AvgIpc) is 2.19. The Bertz CT molecular complexity index is 269. The van der Waals surface area contributed by atoms with Gasteiger partial charge in [0.1, 0.15) is 11.5 Å². The second kappa shape index (κ2) is 8.84. The van der Waals surface area contributed by atoms with Crippen molar-refractivity contribution in [2.24, 2.45) is 0 Å². The molecule has 1 aromatic carbocycles. The van der Waals surface area contributed by atoms with Crippen LogP contribution in [0.4, 0.5) is 0 Å². The summed E-state index contributed by atoms with van der Waals surface area (Å²) in [5.74, 6) is 0.176. The molecule has 0 atom stereocenters. The monoisotopic (exact) mass is 208 g/mol. The highest BCUT2D eigenvalue weighted by Crippen LogP contribution is 2.14. The first-order valence-corrected chi connectivity index (χ1v) is 4.48. The van der Waals surface area contributed by atoms with Crippen molar-refractivity contribution in [3.63, 3.8) is 0 Å². The van der Waals surface area contributed by atoms with E-state index in [-0.39, 0.29) is 11.5 Å². The summed E-state index contributed by atoms with van der Waals surface area (Å²) in [5.41, 5.74) is 0. The molecule has 0 radical (unpaired) electrons. The molecular weight excluding hydrogens is 192 g/mol. The Morgan fingerprint density at radius 3 is 1.80 bits per heavy atom. The molecule has 0 spiro atoms. The summed E-state index contributed by atoms with van der Waals surface area (Å²) in [6.45, 7) is 8.18. The van der Waals surface area contributed by atoms with Gasteiger partial charge in [0.15, 0.2) is 0 Å². The summed E-state index contributed by atoms with van der Waals surface area (Å²) < 4.78 is 4.90. The number of hydrogen-bond donors (Lipinski definition) is 2. The maximum Gasteiger partial charge on any atom is 0.119 e. The number of benzene rings is 1. The molecule has 3 heteroatoms. The van der Waals surface area contributed by atoms with Crippen molar-refractivity contribution in [2.75, 3.05) is 13.2 Å². The quantitative estimate of drug-likeness (QED) is 0.590. The summed E-state index contributed by atoms with van der Waals surface area (Å²) in [6.07, 6.45) is 3.42. The Kier molecular flexibility index (Phi) is 7.82. The predicted molar refractivity (Wildman–Crippen MR) is 61.0 cm³/mol. The van der Waals surface area contributed by atoms with Crippen LogP contribution < -0.4 is 0 Å². The van der Waals surface area contributed by atoms with Crippen molar-refractivity contribution < 1.29 is 14.9 Å². The smallest absolute Gasteiger partial charge is 0.119 e. The molecule has 2 N–H and O–H groups in total. The molecule has 0 aliphatic rings. The lowest BCUT2D eigenvalue weighted by molar-refractivity contribution is 0.194. The van der Waals surface area contributed by atoms with Crippen LogP contribution in [0, 0.1) is 0 Å². The summed E-state index contributed by atoms with van der Waals surface area (Å²) >= 11 is 0. The Morgan fingerprint density at radius 2 is 1.53 bits per heavy atom. The van der Waals surface area contributed by atoms with Gasteiger partial charge in [-0.2, -0.15) is 0 Å². The molecule has 0 unspecified atom stereocenters. The highest BCUT2D eigenvalue weighted by atomic mass is 16.5. The van der Waals surface area contributed by atoms with Crippen molar-refractivity contribution in [3.05, 3.63) is 49.6 Å². The highest BCUT2D eigenvalue weighted by molar-refractivity contribution is 5.30. The first-order valence-electron chi connectivity index (χ1n) is 4.48. The predicted octanol–water partition coefficient (Wildman–Crippen LogP) is 2.47. The fourth-order valence-electron chi connectivity index (χ4n) is 0.728. The molecule has 0 fully saturated rings. The van der Waals surface area contributed by atoms with Crippen LogP contribution >= 0.6 is 0 Å². The van der Waals surface area contributed by atoms with Gasteiger partial charge in [0, 0.05) is 6.07 Å². The number of phenolic OH excluding ortho intramolecular Hbond substituents is 2. The number of rotatable bonds is 4. The van der Waals surface area contributed by atoms with E-state index in [2.05, 4.69) is 13.2 Å². The third-order valence-electron chi connectivity index (χ3n) is 1.30. The van der Waals surface area contributed by atoms with Gasteiger partial charge in [0.2, 0.25) is 0 Å². The molecule has 15 heavy (non-hydrogen) atoms. The van der Waals surface area contributed by atoms with E-state index in [1.165, 1.54) is 18.2 Å². The van der Waals surface area contributed by atoms with Crippen molar-refractivity contribution in [2.45, 2.75) is 0 Å². The second-order valence-corrected chi connectivity index (χ2v) is 2.63. The molecule has 0 aromatic heterocycles. The van der Waals surface area contributed by atoms with Gasteiger partial charge in [0.05, 0.1) is 13.2 Å². The highest BCUT2D eigenvalue weighted by Gasteiger charge is 1.85. The Hall–Kier alpha value is -1.74. The molecule has 0 amide bonds. The van der Waals surface area contributed by atoms with Crippen LogP contribution in [0.5, 0.6) is 11.5 Å². The van der Waals surface area contributed by atoms with Gasteiger partial charge in [-0.25, -0.2) is 0 Å². The van der Waals surface area contributed by atoms with Gasteiger partial charge in [0.25, 0.3) is 0 Å². The van der Waals surface area contributed by atoms with Gasteiger partial charge in [-0.15, -0.1) is 13.2 Å². The van der Waals surface area contributed by atoms with E-state index in [0.29, 0.717) is 13.2 Å². The summed E-state index contributed by atoms with van der Waals surface area (Å²) in [4.78, 5) is 0. The fraction of sp³-hybridized carbons (Fsp3) is 0.167. The topological polar surface area (TPSA) is 49.7 Å². The van der Waals surface area contributed by atoms with Crippen LogP contribution in [-0.2, 0) is 4.74 Å². The van der Waals surface area contributed by atoms with Gasteiger partial charge >= 0.3 is 0 Å². The molecule has 0 bridgehead atoms. The van der Waals surface area contributed by atoms with E-state index in [4.69, 9.17) is 14.9 Å². The maximum atomic E-state index is 8.65. The molecule has 1 aromatic rings. The third kappa shape index (κ3) is 8.59. The van der Waals surface area contributed by atoms with Gasteiger partial charge in [-0.1, -0.05) is 18.2 Å². The Morgan fingerprint density at radius 1 is 1.07 bits per heavy atom. The zero-order chi connectivity index (χ0) is 11.5. The summed E-state index contributed by atoms with van der Waals surface area (Å²) in [5, 5.41) is 17.3. The Labute approximate surface area is 89.9 Å². The van der Waals surface area contributed by atoms with E-state index >= 15 is 0 Å². The molecule has 0 aliphatic carbocycles. The second-order valence-electron chi connectivity index (χ2n) is 2.63. The number of aromatic hydroxyl groups is 2. The van der Waals surface area contributed by atoms with Crippen molar-refractivity contribution in [3.8, 4) is 11.5 Å². The maximum absolute atomic E-state index is 8.65. The van der Waals surface area contributed by atoms with Gasteiger partial charge in [-0.05, 0) is 12.1 Å². The minimum absolute atomic E-state index is 0.0880. The standard InChI is InChI=1S/C6H6O2.C6H10O/c7-5-2-1-3-6(8)4-5;1-3-5-7-6-4-2/h1-4,7-8H;3-4H,1-2,5-6H2. The molecule has 0 heterocycles. The largest absolute Gasteiger partial charge is 0.508 e. The number of ether oxygens (including phenoxy) is 1. The van der Waals surface area contributed by atoms with E-state index in [9.17, 15) is 0 Å². The van der Waals surface area contributed by atoms with Crippen LogP contribution in [0.2, 0.25) is 0 Å². The lowest BCUT2D eigenvalue weighted by atomic mass is 10.3.